The van der Waals surface area contributed by atoms with E-state index in [9.17, 15) is 0 Å². The van der Waals surface area contributed by atoms with Crippen LogP contribution in [0.2, 0.25) is 0 Å². The molecule has 1 N–H and O–H groups in total. The number of rotatable bonds is 6. The summed E-state index contributed by atoms with van der Waals surface area (Å²) in [5, 5.41) is 8.14. The van der Waals surface area contributed by atoms with Crippen LogP contribution in [-0.2, 0) is 6.54 Å². The molecule has 1 aliphatic rings. The minimum Gasteiger partial charge on any atom is -0.486 e. The Balaban J connectivity index is 1.51. The van der Waals surface area contributed by atoms with Crippen molar-refractivity contribution < 1.29 is 9.47 Å². The molecule has 0 spiro atoms. The van der Waals surface area contributed by atoms with Crippen LogP contribution in [0, 0.1) is 13.8 Å². The van der Waals surface area contributed by atoms with Gasteiger partial charge in [0.05, 0.1) is 6.20 Å². The van der Waals surface area contributed by atoms with Gasteiger partial charge in [-0.15, -0.1) is 0 Å². The quantitative estimate of drug-likeness (QED) is 0.669. The Labute approximate surface area is 172 Å². The lowest BCUT2D eigenvalue weighted by atomic mass is 10.1. The normalized spacial score (nSPS) is 14.4. The number of fused-ring (bicyclic) bond motifs is 1. The van der Waals surface area contributed by atoms with Crippen molar-refractivity contribution >= 4 is 0 Å². The molecule has 1 aromatic carbocycles. The number of nitrogens with one attached hydrogen (secondary N) is 1. The van der Waals surface area contributed by atoms with Crippen LogP contribution in [0.25, 0.3) is 5.82 Å². The predicted octanol–water partition coefficient (Wildman–Crippen LogP) is 4.49. The van der Waals surface area contributed by atoms with Gasteiger partial charge >= 0.3 is 0 Å². The summed E-state index contributed by atoms with van der Waals surface area (Å²) in [6, 6.07) is 11.0. The number of ether oxygens (including phenoxy) is 2. The molecular weight excluding hydrogens is 364 g/mol. The molecule has 6 nitrogen and oxygen atoms in total. The highest BCUT2D eigenvalue weighted by molar-refractivity contribution is 5.44. The van der Waals surface area contributed by atoms with E-state index in [1.807, 2.05) is 12.3 Å². The summed E-state index contributed by atoms with van der Waals surface area (Å²) in [7, 11) is 0. The highest BCUT2D eigenvalue weighted by atomic mass is 16.6. The van der Waals surface area contributed by atoms with Crippen molar-refractivity contribution in [2.75, 3.05) is 13.2 Å². The van der Waals surface area contributed by atoms with Gasteiger partial charge in [-0.3, -0.25) is 0 Å². The Hall–Kier alpha value is -2.73. The largest absolute Gasteiger partial charge is 0.486 e. The highest BCUT2D eigenvalue weighted by Crippen LogP contribution is 2.32. The van der Waals surface area contributed by atoms with E-state index in [4.69, 9.17) is 9.47 Å². The molecule has 3 aromatic rings. The number of aryl methyl sites for hydroxylation is 1. The lowest BCUT2D eigenvalue weighted by molar-refractivity contribution is 0.171. The van der Waals surface area contributed by atoms with Gasteiger partial charge in [0.25, 0.3) is 0 Å². The van der Waals surface area contributed by atoms with Crippen LogP contribution >= 0.6 is 0 Å². The number of hydrogen-bond donors (Lipinski definition) is 1. The Kier molecular flexibility index (Phi) is 5.37. The first kappa shape index (κ1) is 19.6. The summed E-state index contributed by atoms with van der Waals surface area (Å²) >= 11 is 0. The van der Waals surface area contributed by atoms with E-state index in [0.29, 0.717) is 19.3 Å². The molecule has 0 saturated carbocycles. The molecule has 0 amide bonds. The topological polar surface area (TPSA) is 53.2 Å². The molecule has 0 fully saturated rings. The zero-order valence-corrected chi connectivity index (χ0v) is 17.9. The highest BCUT2D eigenvalue weighted by Gasteiger charge is 2.17. The van der Waals surface area contributed by atoms with Crippen molar-refractivity contribution in [1.82, 2.24) is 19.7 Å². The van der Waals surface area contributed by atoms with E-state index in [1.165, 1.54) is 22.5 Å². The lowest BCUT2D eigenvalue weighted by Crippen LogP contribution is -2.20. The van der Waals surface area contributed by atoms with Crippen LogP contribution in [-0.4, -0.2) is 27.6 Å². The molecule has 1 atom stereocenters. The van der Waals surface area contributed by atoms with E-state index in [2.05, 4.69) is 78.5 Å². The molecule has 0 saturated heterocycles. The van der Waals surface area contributed by atoms with E-state index in [0.717, 1.165) is 23.9 Å². The van der Waals surface area contributed by atoms with Crippen molar-refractivity contribution in [3.63, 3.8) is 0 Å². The summed E-state index contributed by atoms with van der Waals surface area (Å²) in [5.74, 6) is 2.78. The van der Waals surface area contributed by atoms with Crippen molar-refractivity contribution in [2.24, 2.45) is 0 Å². The fourth-order valence-electron chi connectivity index (χ4n) is 3.95. The maximum atomic E-state index is 5.72. The molecule has 29 heavy (non-hydrogen) atoms. The van der Waals surface area contributed by atoms with Crippen LogP contribution in [0.1, 0.15) is 55.4 Å². The second-order valence-electron chi connectivity index (χ2n) is 7.97. The van der Waals surface area contributed by atoms with Gasteiger partial charge < -0.3 is 19.4 Å². The third-order valence-corrected chi connectivity index (χ3v) is 5.57. The van der Waals surface area contributed by atoms with Gasteiger partial charge in [-0.2, -0.15) is 5.10 Å². The number of hydrogen-bond acceptors (Lipinski definition) is 4. The molecule has 0 unspecified atom stereocenters. The van der Waals surface area contributed by atoms with Crippen molar-refractivity contribution in [3.05, 3.63) is 59.0 Å². The van der Waals surface area contributed by atoms with Crippen LogP contribution in [0.3, 0.4) is 0 Å². The zero-order chi connectivity index (χ0) is 20.5. The van der Waals surface area contributed by atoms with E-state index in [1.54, 1.807) is 0 Å². The van der Waals surface area contributed by atoms with E-state index >= 15 is 0 Å². The van der Waals surface area contributed by atoms with E-state index in [-0.39, 0.29) is 6.04 Å². The fraction of sp³-hybridized carbons (Fsp3) is 0.435. The van der Waals surface area contributed by atoms with Gasteiger partial charge in [-0.1, -0.05) is 6.07 Å². The standard InChI is InChI=1S/C23H30N4O2/c1-15(2)27-23(8-9-25-27)26-16(3)12-20(18(26)5)14-24-17(4)19-6-7-21-22(13-19)29-11-10-28-21/h6-9,12-13,15,17,24H,10-11,14H2,1-5H3/t17-/m1/s1. The second kappa shape index (κ2) is 7.95. The third-order valence-electron chi connectivity index (χ3n) is 5.57. The molecule has 2 aromatic heterocycles. The summed E-state index contributed by atoms with van der Waals surface area (Å²) < 4.78 is 15.7. The number of benzene rings is 1. The average molecular weight is 395 g/mol. The van der Waals surface area contributed by atoms with Gasteiger partial charge in [-0.25, -0.2) is 4.68 Å². The molecule has 3 heterocycles. The fourth-order valence-corrected chi connectivity index (χ4v) is 3.95. The van der Waals surface area contributed by atoms with Crippen LogP contribution < -0.4 is 14.8 Å². The Morgan fingerprint density at radius 1 is 1.03 bits per heavy atom. The molecular formula is C23H30N4O2. The van der Waals surface area contributed by atoms with Crippen LogP contribution in [0.4, 0.5) is 0 Å². The Morgan fingerprint density at radius 2 is 1.79 bits per heavy atom. The van der Waals surface area contributed by atoms with Gasteiger partial charge in [0, 0.05) is 36.1 Å². The minimum atomic E-state index is 0.204. The molecule has 0 radical (unpaired) electrons. The third kappa shape index (κ3) is 3.77. The maximum absolute atomic E-state index is 5.72. The first-order chi connectivity index (χ1) is 14.0. The van der Waals surface area contributed by atoms with Gasteiger partial charge in [0.2, 0.25) is 0 Å². The number of nitrogens with zero attached hydrogens (tertiary/aromatic N) is 3. The molecule has 154 valence electrons. The second-order valence-corrected chi connectivity index (χ2v) is 7.97. The first-order valence-corrected chi connectivity index (χ1v) is 10.3. The average Bonchev–Trinajstić information content (AvgIpc) is 3.29. The SMILES string of the molecule is Cc1cc(CN[C@H](C)c2ccc3c(c2)OCCO3)c(C)n1-c1ccnn1C(C)C. The monoisotopic (exact) mass is 394 g/mol. The summed E-state index contributed by atoms with van der Waals surface area (Å²) in [5.41, 5.74) is 4.95. The first-order valence-electron chi connectivity index (χ1n) is 10.3. The van der Waals surface area contributed by atoms with Crippen molar-refractivity contribution in [1.29, 1.82) is 0 Å². The van der Waals surface area contributed by atoms with Crippen molar-refractivity contribution in [3.8, 4) is 17.3 Å². The summed E-state index contributed by atoms with van der Waals surface area (Å²) in [6.07, 6.45) is 1.87. The van der Waals surface area contributed by atoms with Gasteiger partial charge in [0.1, 0.15) is 19.0 Å². The molecule has 1 aliphatic heterocycles. The summed E-state index contributed by atoms with van der Waals surface area (Å²) in [4.78, 5) is 0. The lowest BCUT2D eigenvalue weighted by Gasteiger charge is -2.21. The molecule has 6 heteroatoms. The molecule has 0 bridgehead atoms. The maximum Gasteiger partial charge on any atom is 0.161 e. The Morgan fingerprint density at radius 3 is 2.55 bits per heavy atom. The van der Waals surface area contributed by atoms with Crippen LogP contribution in [0.15, 0.2) is 36.5 Å². The molecule has 0 aliphatic carbocycles. The minimum absolute atomic E-state index is 0.204. The predicted molar refractivity (Wildman–Crippen MR) is 114 cm³/mol. The molecule has 4 rings (SSSR count). The summed E-state index contributed by atoms with van der Waals surface area (Å²) in [6.45, 7) is 12.8. The van der Waals surface area contributed by atoms with Gasteiger partial charge in [-0.05, 0) is 63.9 Å². The van der Waals surface area contributed by atoms with E-state index < -0.39 is 0 Å². The zero-order valence-electron chi connectivity index (χ0n) is 17.9. The van der Waals surface area contributed by atoms with Gasteiger partial charge in [0.15, 0.2) is 11.5 Å². The van der Waals surface area contributed by atoms with Crippen LogP contribution in [0.5, 0.6) is 11.5 Å². The smallest absolute Gasteiger partial charge is 0.161 e. The number of aromatic nitrogens is 3. The van der Waals surface area contributed by atoms with Crippen molar-refractivity contribution in [2.45, 2.75) is 53.2 Å². The Bertz CT molecular complexity index is 1000.